The largest absolute Gasteiger partial charge is 0.495 e. The van der Waals surface area contributed by atoms with Crippen molar-refractivity contribution in [2.24, 2.45) is 0 Å². The molecule has 0 unspecified atom stereocenters. The van der Waals surface area contributed by atoms with Gasteiger partial charge in [-0.05, 0) is 86.2 Å². The average Bonchev–Trinajstić information content (AvgIpc) is 3.38. The lowest BCUT2D eigenvalue weighted by atomic mass is 9.96. The maximum atomic E-state index is 14.1. The van der Waals surface area contributed by atoms with Crippen LogP contribution in [0.15, 0.2) is 72.9 Å². The van der Waals surface area contributed by atoms with Crippen LogP contribution in [0.2, 0.25) is 0 Å². The Hall–Kier alpha value is -3.96. The second-order valence-corrected chi connectivity index (χ2v) is 11.5. The first-order valence-corrected chi connectivity index (χ1v) is 14.5. The summed E-state index contributed by atoms with van der Waals surface area (Å²) >= 11 is 5.85. The molecule has 8 nitrogen and oxygen atoms in total. The first kappa shape index (κ1) is 26.6. The summed E-state index contributed by atoms with van der Waals surface area (Å²) in [7, 11) is -2.09. The van der Waals surface area contributed by atoms with Gasteiger partial charge in [0.1, 0.15) is 11.6 Å². The molecule has 202 valence electrons. The first-order valence-electron chi connectivity index (χ1n) is 12.2. The molecular weight excluding hydrogens is 537 g/mol. The van der Waals surface area contributed by atoms with Crippen molar-refractivity contribution in [3.05, 3.63) is 101 Å². The van der Waals surface area contributed by atoms with Crippen LogP contribution in [-0.2, 0) is 10.0 Å². The van der Waals surface area contributed by atoms with E-state index in [1.807, 2.05) is 53.6 Å². The summed E-state index contributed by atoms with van der Waals surface area (Å²) < 4.78 is 48.2. The van der Waals surface area contributed by atoms with Crippen molar-refractivity contribution in [1.29, 1.82) is 0 Å². The van der Waals surface area contributed by atoms with Gasteiger partial charge in [0.2, 0.25) is 10.0 Å². The fourth-order valence-electron chi connectivity index (χ4n) is 5.17. The number of benzene rings is 2. The van der Waals surface area contributed by atoms with Gasteiger partial charge < -0.3 is 19.5 Å². The Bertz CT molecular complexity index is 1660. The van der Waals surface area contributed by atoms with Crippen molar-refractivity contribution in [1.82, 2.24) is 14.9 Å². The Morgan fingerprint density at radius 3 is 2.51 bits per heavy atom. The zero-order valence-electron chi connectivity index (χ0n) is 21.8. The van der Waals surface area contributed by atoms with Gasteiger partial charge >= 0.3 is 0 Å². The predicted molar refractivity (Wildman–Crippen MR) is 155 cm³/mol. The molecule has 5 rings (SSSR count). The Labute approximate surface area is 232 Å². The highest BCUT2D eigenvalue weighted by Gasteiger charge is 2.42. The molecule has 2 N–H and O–H groups in total. The molecule has 0 aliphatic carbocycles. The molecule has 39 heavy (non-hydrogen) atoms. The van der Waals surface area contributed by atoms with E-state index in [2.05, 4.69) is 21.1 Å². The van der Waals surface area contributed by atoms with Crippen LogP contribution in [0.25, 0.3) is 5.69 Å². The number of ether oxygens (including phenoxy) is 1. The van der Waals surface area contributed by atoms with Crippen LogP contribution in [0.4, 0.5) is 15.8 Å². The Kier molecular flexibility index (Phi) is 7.04. The summed E-state index contributed by atoms with van der Waals surface area (Å²) in [6.07, 6.45) is 2.82. The molecule has 0 amide bonds. The van der Waals surface area contributed by atoms with Gasteiger partial charge in [0.15, 0.2) is 5.11 Å². The lowest BCUT2D eigenvalue weighted by Gasteiger charge is -2.29. The fourth-order valence-corrected chi connectivity index (χ4v) is 6.08. The second-order valence-electron chi connectivity index (χ2n) is 9.40. The molecule has 0 spiro atoms. The first-order chi connectivity index (χ1) is 18.6. The molecule has 1 fully saturated rings. The highest BCUT2D eigenvalue weighted by Crippen LogP contribution is 2.45. The molecule has 1 saturated heterocycles. The maximum Gasteiger partial charge on any atom is 0.229 e. The number of anilines is 2. The molecule has 1 aliphatic rings. The minimum Gasteiger partial charge on any atom is -0.495 e. The van der Waals surface area contributed by atoms with Gasteiger partial charge in [-0.2, -0.15) is 0 Å². The minimum absolute atomic E-state index is 0.297. The summed E-state index contributed by atoms with van der Waals surface area (Å²) in [5.41, 5.74) is 5.29. The summed E-state index contributed by atoms with van der Waals surface area (Å²) in [4.78, 5) is 6.56. The van der Waals surface area contributed by atoms with Crippen LogP contribution < -0.4 is 19.7 Å². The number of hydrogen-bond donors (Lipinski definition) is 2. The Balaban J connectivity index is 1.69. The standard InChI is InChI=1S/C28H28FN5O3S2/c1-17-14-22(18(2)33(17)20-9-7-8-19(29)15-20)27-26(23-10-5-6-13-30-23)31-28(38)34(27)21-11-12-25(37-3)24(16-21)32-39(4,35)36/h5-16,26-27,32H,1-4H3,(H,31,38)/t26-,27-/m0/s1. The lowest BCUT2D eigenvalue weighted by molar-refractivity contribution is 0.417. The normalized spacial score (nSPS) is 17.3. The van der Waals surface area contributed by atoms with Crippen LogP contribution in [0.5, 0.6) is 5.75 Å². The topological polar surface area (TPSA) is 88.5 Å². The summed E-state index contributed by atoms with van der Waals surface area (Å²) in [5, 5.41) is 3.88. The monoisotopic (exact) mass is 565 g/mol. The number of nitrogens with one attached hydrogen (secondary N) is 2. The number of rotatable bonds is 7. The number of nitrogens with zero attached hydrogens (tertiary/aromatic N) is 3. The van der Waals surface area contributed by atoms with E-state index in [1.54, 1.807) is 24.4 Å². The third-order valence-corrected chi connectivity index (χ3v) is 7.62. The number of halogens is 1. The van der Waals surface area contributed by atoms with Gasteiger partial charge in [-0.25, -0.2) is 12.8 Å². The van der Waals surface area contributed by atoms with Crippen molar-refractivity contribution in [2.75, 3.05) is 23.0 Å². The highest BCUT2D eigenvalue weighted by molar-refractivity contribution is 7.92. The molecule has 2 aromatic heterocycles. The molecule has 3 heterocycles. The van der Waals surface area contributed by atoms with E-state index >= 15 is 0 Å². The molecule has 2 aromatic carbocycles. The molecular formula is C28H28FN5O3S2. The van der Waals surface area contributed by atoms with E-state index in [9.17, 15) is 12.8 Å². The Morgan fingerprint density at radius 1 is 1.05 bits per heavy atom. The third kappa shape index (κ3) is 5.19. The number of thiocarbonyl (C=S) groups is 1. The quantitative estimate of drug-likeness (QED) is 0.298. The van der Waals surface area contributed by atoms with E-state index in [-0.39, 0.29) is 17.9 Å². The maximum absolute atomic E-state index is 14.1. The Morgan fingerprint density at radius 2 is 1.85 bits per heavy atom. The average molecular weight is 566 g/mol. The van der Waals surface area contributed by atoms with Crippen molar-refractivity contribution >= 4 is 38.7 Å². The van der Waals surface area contributed by atoms with Gasteiger partial charge in [0.25, 0.3) is 0 Å². The van der Waals surface area contributed by atoms with Crippen LogP contribution >= 0.6 is 12.2 Å². The molecule has 0 saturated carbocycles. The van der Waals surface area contributed by atoms with Gasteiger partial charge in [-0.3, -0.25) is 9.71 Å². The number of pyridine rings is 1. The predicted octanol–water partition coefficient (Wildman–Crippen LogP) is 5.19. The van der Waals surface area contributed by atoms with E-state index < -0.39 is 10.0 Å². The third-order valence-electron chi connectivity index (χ3n) is 6.71. The van der Waals surface area contributed by atoms with Crippen molar-refractivity contribution in [3.63, 3.8) is 0 Å². The van der Waals surface area contributed by atoms with Crippen LogP contribution in [0.3, 0.4) is 0 Å². The van der Waals surface area contributed by atoms with Gasteiger partial charge in [0.05, 0.1) is 36.8 Å². The molecule has 4 aromatic rings. The van der Waals surface area contributed by atoms with Crippen LogP contribution in [-0.4, -0.2) is 36.4 Å². The molecule has 1 aliphatic heterocycles. The molecule has 0 bridgehead atoms. The number of aryl methyl sites for hydroxylation is 1. The summed E-state index contributed by atoms with van der Waals surface area (Å²) in [5.74, 6) is 0.0618. The van der Waals surface area contributed by atoms with E-state index in [0.717, 1.165) is 34.6 Å². The van der Waals surface area contributed by atoms with Gasteiger partial charge in [-0.15, -0.1) is 0 Å². The summed E-state index contributed by atoms with van der Waals surface area (Å²) in [6.45, 7) is 3.97. The molecule has 0 radical (unpaired) electrons. The number of aromatic nitrogens is 2. The lowest BCUT2D eigenvalue weighted by Crippen LogP contribution is -2.29. The number of sulfonamides is 1. The van der Waals surface area contributed by atoms with Crippen LogP contribution in [0, 0.1) is 19.7 Å². The molecule has 2 atom stereocenters. The zero-order valence-corrected chi connectivity index (χ0v) is 23.5. The van der Waals surface area contributed by atoms with Crippen molar-refractivity contribution in [2.45, 2.75) is 25.9 Å². The van der Waals surface area contributed by atoms with E-state index in [1.165, 1.54) is 19.2 Å². The second kappa shape index (κ2) is 10.3. The van der Waals surface area contributed by atoms with Gasteiger partial charge in [0, 0.05) is 29.0 Å². The van der Waals surface area contributed by atoms with Crippen molar-refractivity contribution in [3.8, 4) is 11.4 Å². The molecule has 11 heteroatoms. The number of hydrogen-bond acceptors (Lipinski definition) is 5. The highest BCUT2D eigenvalue weighted by atomic mass is 32.2. The minimum atomic E-state index is -3.57. The van der Waals surface area contributed by atoms with E-state index in [0.29, 0.717) is 22.2 Å². The van der Waals surface area contributed by atoms with Crippen LogP contribution in [0.1, 0.15) is 34.7 Å². The van der Waals surface area contributed by atoms with Gasteiger partial charge in [-0.1, -0.05) is 12.1 Å². The van der Waals surface area contributed by atoms with Crippen molar-refractivity contribution < 1.29 is 17.5 Å². The fraction of sp³-hybridized carbons (Fsp3) is 0.214. The number of methoxy groups -OCH3 is 1. The summed E-state index contributed by atoms with van der Waals surface area (Å²) in [6, 6.07) is 18.8. The van der Waals surface area contributed by atoms with E-state index in [4.69, 9.17) is 17.0 Å². The zero-order chi connectivity index (χ0) is 27.9. The smallest absolute Gasteiger partial charge is 0.229 e. The SMILES string of the molecule is COc1ccc(N2C(=S)N[C@@H](c3ccccn3)[C@@H]2c2cc(C)n(-c3cccc(F)c3)c2C)cc1NS(C)(=O)=O.